The van der Waals surface area contributed by atoms with Crippen LogP contribution in [0.1, 0.15) is 11.1 Å². The molecular weight excluding hydrogens is 286 g/mol. The van der Waals surface area contributed by atoms with Gasteiger partial charge in [0.05, 0.1) is 7.05 Å². The number of hydrogen-bond acceptors (Lipinski definition) is 1. The van der Waals surface area contributed by atoms with Crippen molar-refractivity contribution in [2.24, 2.45) is 0 Å². The fourth-order valence-electron chi connectivity index (χ4n) is 2.20. The summed E-state index contributed by atoms with van der Waals surface area (Å²) < 4.78 is 27.0. The van der Waals surface area contributed by atoms with Crippen LogP contribution in [0, 0.1) is 11.6 Å². The van der Waals surface area contributed by atoms with Crippen molar-refractivity contribution in [3.63, 3.8) is 0 Å². The van der Waals surface area contributed by atoms with E-state index in [9.17, 15) is 13.6 Å². The first-order valence-corrected chi connectivity index (χ1v) is 7.11. The summed E-state index contributed by atoms with van der Waals surface area (Å²) in [6.45, 7) is 0.765. The van der Waals surface area contributed by atoms with E-state index in [1.807, 2.05) is 7.05 Å². The van der Waals surface area contributed by atoms with Crippen LogP contribution in [-0.2, 0) is 17.9 Å². The predicted molar refractivity (Wildman–Crippen MR) is 80.1 cm³/mol. The molecule has 2 N–H and O–H groups in total. The number of amides is 1. The van der Waals surface area contributed by atoms with Gasteiger partial charge in [0.25, 0.3) is 5.91 Å². The Morgan fingerprint density at radius 3 is 2.14 bits per heavy atom. The van der Waals surface area contributed by atoms with Crippen molar-refractivity contribution < 1.29 is 18.5 Å². The molecule has 0 saturated heterocycles. The molecule has 116 valence electrons. The lowest BCUT2D eigenvalue weighted by atomic mass is 10.2. The SMILES string of the molecule is C[NH+](CC(=O)NCc1ccccc1F)Cc1ccccc1F. The summed E-state index contributed by atoms with van der Waals surface area (Å²) in [5.74, 6) is -0.805. The molecule has 0 bridgehead atoms. The average molecular weight is 305 g/mol. The van der Waals surface area contributed by atoms with Gasteiger partial charge in [0.2, 0.25) is 0 Å². The molecule has 1 amide bonds. The molecule has 5 heteroatoms. The highest BCUT2D eigenvalue weighted by molar-refractivity contribution is 5.76. The quantitative estimate of drug-likeness (QED) is 0.829. The van der Waals surface area contributed by atoms with E-state index in [0.717, 1.165) is 4.90 Å². The van der Waals surface area contributed by atoms with E-state index in [0.29, 0.717) is 17.7 Å². The summed E-state index contributed by atoms with van der Waals surface area (Å²) in [4.78, 5) is 12.7. The average Bonchev–Trinajstić information content (AvgIpc) is 2.49. The largest absolute Gasteiger partial charge is 0.347 e. The number of likely N-dealkylation sites (N-methyl/N-ethyl adjacent to an activating group) is 1. The van der Waals surface area contributed by atoms with Gasteiger partial charge in [-0.05, 0) is 12.1 Å². The number of hydrogen-bond donors (Lipinski definition) is 2. The second-order valence-corrected chi connectivity index (χ2v) is 5.27. The number of carbonyl (C=O) groups excluding carboxylic acids is 1. The van der Waals surface area contributed by atoms with Crippen LogP contribution in [0.5, 0.6) is 0 Å². The molecule has 2 aromatic carbocycles. The number of nitrogens with one attached hydrogen (secondary N) is 2. The Hall–Kier alpha value is -2.27. The molecule has 0 radical (unpaired) electrons. The van der Waals surface area contributed by atoms with Crippen LogP contribution >= 0.6 is 0 Å². The lowest BCUT2D eigenvalue weighted by molar-refractivity contribution is -0.885. The maximum Gasteiger partial charge on any atom is 0.275 e. The van der Waals surface area contributed by atoms with Crippen molar-refractivity contribution in [1.82, 2.24) is 5.32 Å². The monoisotopic (exact) mass is 305 g/mol. The zero-order valence-corrected chi connectivity index (χ0v) is 12.4. The van der Waals surface area contributed by atoms with Crippen LogP contribution in [0.2, 0.25) is 0 Å². The van der Waals surface area contributed by atoms with Crippen molar-refractivity contribution in [2.45, 2.75) is 13.1 Å². The highest BCUT2D eigenvalue weighted by Gasteiger charge is 2.13. The number of quaternary nitrogens is 1. The van der Waals surface area contributed by atoms with Gasteiger partial charge in [-0.15, -0.1) is 0 Å². The fraction of sp³-hybridized carbons (Fsp3) is 0.235. The zero-order valence-electron chi connectivity index (χ0n) is 12.4. The first kappa shape index (κ1) is 16.1. The maximum atomic E-state index is 13.5. The molecule has 3 nitrogen and oxygen atoms in total. The van der Waals surface area contributed by atoms with Gasteiger partial charge in [0.15, 0.2) is 6.54 Å². The number of rotatable bonds is 6. The molecule has 1 atom stereocenters. The molecule has 0 aromatic heterocycles. The Kier molecular flexibility index (Phi) is 5.61. The zero-order chi connectivity index (χ0) is 15.9. The third kappa shape index (κ3) is 4.63. The van der Waals surface area contributed by atoms with E-state index in [1.165, 1.54) is 12.1 Å². The first-order valence-electron chi connectivity index (χ1n) is 7.11. The Labute approximate surface area is 128 Å². The minimum absolute atomic E-state index is 0.151. The van der Waals surface area contributed by atoms with E-state index < -0.39 is 0 Å². The van der Waals surface area contributed by atoms with Crippen LogP contribution in [0.3, 0.4) is 0 Å². The molecule has 0 saturated carbocycles. The summed E-state index contributed by atoms with van der Waals surface area (Å²) in [5.41, 5.74) is 1.02. The van der Waals surface area contributed by atoms with E-state index in [1.54, 1.807) is 36.4 Å². The number of benzene rings is 2. The Bertz CT molecular complexity index is 646. The minimum Gasteiger partial charge on any atom is -0.347 e. The summed E-state index contributed by atoms with van der Waals surface area (Å²) in [6.07, 6.45) is 0. The Morgan fingerprint density at radius 2 is 1.55 bits per heavy atom. The highest BCUT2D eigenvalue weighted by Crippen LogP contribution is 2.05. The standard InChI is InChI=1S/C17H18F2N2O/c1-21(11-14-7-3-5-9-16(14)19)12-17(22)20-10-13-6-2-4-8-15(13)18/h2-9H,10-12H2,1H3,(H,20,22)/p+1. The summed E-state index contributed by atoms with van der Waals surface area (Å²) in [7, 11) is 1.81. The van der Waals surface area contributed by atoms with Gasteiger partial charge in [-0.1, -0.05) is 36.4 Å². The van der Waals surface area contributed by atoms with Gasteiger partial charge in [-0.2, -0.15) is 0 Å². The highest BCUT2D eigenvalue weighted by atomic mass is 19.1. The second kappa shape index (κ2) is 7.66. The van der Waals surface area contributed by atoms with Crippen LogP contribution < -0.4 is 10.2 Å². The smallest absolute Gasteiger partial charge is 0.275 e. The minimum atomic E-state index is -0.338. The predicted octanol–water partition coefficient (Wildman–Crippen LogP) is 1.30. The number of carbonyl (C=O) groups is 1. The molecule has 0 aliphatic rings. The van der Waals surface area contributed by atoms with Gasteiger partial charge in [-0.3, -0.25) is 4.79 Å². The van der Waals surface area contributed by atoms with E-state index >= 15 is 0 Å². The molecule has 1 unspecified atom stereocenters. The topological polar surface area (TPSA) is 33.5 Å². The van der Waals surface area contributed by atoms with E-state index in [2.05, 4.69) is 5.32 Å². The van der Waals surface area contributed by atoms with Gasteiger partial charge in [0.1, 0.15) is 18.2 Å². The lowest BCUT2D eigenvalue weighted by Crippen LogP contribution is -3.09. The third-order valence-corrected chi connectivity index (χ3v) is 3.35. The third-order valence-electron chi connectivity index (χ3n) is 3.35. The fourth-order valence-corrected chi connectivity index (χ4v) is 2.20. The molecule has 0 spiro atoms. The van der Waals surface area contributed by atoms with Crippen LogP contribution in [0.25, 0.3) is 0 Å². The summed E-state index contributed by atoms with van der Waals surface area (Å²) in [5, 5.41) is 2.68. The Morgan fingerprint density at radius 1 is 1.00 bits per heavy atom. The molecule has 0 aliphatic carbocycles. The molecule has 0 heterocycles. The molecule has 0 aliphatic heterocycles. The van der Waals surface area contributed by atoms with Crippen LogP contribution in [0.15, 0.2) is 48.5 Å². The van der Waals surface area contributed by atoms with Gasteiger partial charge in [0, 0.05) is 17.7 Å². The van der Waals surface area contributed by atoms with Crippen LogP contribution in [-0.4, -0.2) is 19.5 Å². The van der Waals surface area contributed by atoms with Gasteiger partial charge in [-0.25, -0.2) is 8.78 Å². The molecule has 2 aromatic rings. The van der Waals surface area contributed by atoms with Crippen molar-refractivity contribution in [3.05, 3.63) is 71.3 Å². The summed E-state index contributed by atoms with van der Waals surface area (Å²) >= 11 is 0. The van der Waals surface area contributed by atoms with Crippen molar-refractivity contribution in [2.75, 3.05) is 13.6 Å². The lowest BCUT2D eigenvalue weighted by Gasteiger charge is -2.14. The summed E-state index contributed by atoms with van der Waals surface area (Å²) in [6, 6.07) is 12.8. The Balaban J connectivity index is 1.82. The molecule has 0 fully saturated rings. The second-order valence-electron chi connectivity index (χ2n) is 5.27. The molecular formula is C17H19F2N2O+. The normalized spacial score (nSPS) is 12.0. The van der Waals surface area contributed by atoms with Crippen molar-refractivity contribution in [3.8, 4) is 0 Å². The van der Waals surface area contributed by atoms with Crippen molar-refractivity contribution >= 4 is 5.91 Å². The van der Waals surface area contributed by atoms with Gasteiger partial charge >= 0.3 is 0 Å². The first-order chi connectivity index (χ1) is 10.6. The maximum absolute atomic E-state index is 13.5. The number of halogens is 2. The molecule has 2 rings (SSSR count). The van der Waals surface area contributed by atoms with Crippen LogP contribution in [0.4, 0.5) is 8.78 Å². The van der Waals surface area contributed by atoms with E-state index in [4.69, 9.17) is 0 Å². The molecule has 22 heavy (non-hydrogen) atoms. The van der Waals surface area contributed by atoms with Crippen molar-refractivity contribution in [1.29, 1.82) is 0 Å². The van der Waals surface area contributed by atoms with Gasteiger partial charge < -0.3 is 10.2 Å². The van der Waals surface area contributed by atoms with E-state index in [-0.39, 0.29) is 30.6 Å².